The molecule has 0 aromatic heterocycles. The molecule has 20 heavy (non-hydrogen) atoms. The molecule has 1 rings (SSSR count). The van der Waals surface area contributed by atoms with E-state index in [9.17, 15) is 4.79 Å². The van der Waals surface area contributed by atoms with E-state index in [1.807, 2.05) is 52.8 Å². The van der Waals surface area contributed by atoms with Gasteiger partial charge in [-0.05, 0) is 57.4 Å². The number of carbonyl (C=O) groups is 1. The Morgan fingerprint density at radius 3 is 2.55 bits per heavy atom. The van der Waals surface area contributed by atoms with E-state index in [-0.39, 0.29) is 6.09 Å². The maximum Gasteiger partial charge on any atom is 0.410 e. The van der Waals surface area contributed by atoms with E-state index in [2.05, 4.69) is 0 Å². The normalized spacial score (nSPS) is 11.2. The predicted octanol–water partition coefficient (Wildman–Crippen LogP) is 3.72. The number of hydrogen-bond donors (Lipinski definition) is 1. The molecule has 2 N–H and O–H groups in total. The van der Waals surface area contributed by atoms with Gasteiger partial charge in [0.05, 0.1) is 0 Å². The van der Waals surface area contributed by atoms with Gasteiger partial charge in [-0.3, -0.25) is 0 Å². The molecule has 4 heteroatoms. The van der Waals surface area contributed by atoms with Gasteiger partial charge in [-0.25, -0.2) is 4.79 Å². The number of benzene rings is 1. The molecule has 0 aliphatic carbocycles. The fraction of sp³-hybridized carbons (Fsp3) is 0.562. The lowest BCUT2D eigenvalue weighted by Crippen LogP contribution is -2.37. The monoisotopic (exact) mass is 278 g/mol. The molecule has 0 bridgehead atoms. The minimum atomic E-state index is -0.478. The molecule has 0 saturated heterocycles. The van der Waals surface area contributed by atoms with Crippen LogP contribution in [0.5, 0.6) is 0 Å². The highest BCUT2D eigenvalue weighted by molar-refractivity contribution is 5.68. The van der Waals surface area contributed by atoms with Crippen LogP contribution in [0.4, 0.5) is 10.5 Å². The minimum Gasteiger partial charge on any atom is -0.444 e. The van der Waals surface area contributed by atoms with Crippen LogP contribution >= 0.6 is 0 Å². The lowest BCUT2D eigenvalue weighted by Gasteiger charge is -2.27. The van der Waals surface area contributed by atoms with Crippen molar-refractivity contribution in [2.24, 2.45) is 0 Å². The zero-order chi connectivity index (χ0) is 15.3. The molecule has 0 saturated carbocycles. The van der Waals surface area contributed by atoms with Crippen molar-refractivity contribution in [1.82, 2.24) is 4.90 Å². The fourth-order valence-electron chi connectivity index (χ4n) is 1.90. The molecule has 0 unspecified atom stereocenters. The third kappa shape index (κ3) is 5.11. The van der Waals surface area contributed by atoms with Crippen molar-refractivity contribution in [2.45, 2.75) is 53.2 Å². The Morgan fingerprint density at radius 2 is 2.00 bits per heavy atom. The predicted molar refractivity (Wildman–Crippen MR) is 82.5 cm³/mol. The van der Waals surface area contributed by atoms with Crippen LogP contribution in [0.25, 0.3) is 0 Å². The lowest BCUT2D eigenvalue weighted by atomic mass is 10.1. The van der Waals surface area contributed by atoms with E-state index in [0.717, 1.165) is 17.5 Å². The Labute approximate surface area is 121 Å². The summed E-state index contributed by atoms with van der Waals surface area (Å²) in [6, 6.07) is 5.77. The van der Waals surface area contributed by atoms with E-state index < -0.39 is 5.60 Å². The molecule has 1 aromatic carbocycles. The zero-order valence-electron chi connectivity index (χ0n) is 13.2. The van der Waals surface area contributed by atoms with Crippen LogP contribution in [0.15, 0.2) is 18.2 Å². The van der Waals surface area contributed by atoms with E-state index in [4.69, 9.17) is 10.5 Å². The molecular formula is C16H26N2O2. The summed E-state index contributed by atoms with van der Waals surface area (Å²) in [5, 5.41) is 0. The van der Waals surface area contributed by atoms with Crippen LogP contribution in [0, 0.1) is 6.92 Å². The van der Waals surface area contributed by atoms with Gasteiger partial charge in [0.1, 0.15) is 5.60 Å². The van der Waals surface area contributed by atoms with E-state index in [1.165, 1.54) is 0 Å². The Kier molecular flexibility index (Phi) is 5.43. The first-order chi connectivity index (χ1) is 9.23. The minimum absolute atomic E-state index is 0.277. The van der Waals surface area contributed by atoms with Crippen LogP contribution in [0.3, 0.4) is 0 Å². The number of rotatable bonds is 4. The maximum absolute atomic E-state index is 12.2. The van der Waals surface area contributed by atoms with Gasteiger partial charge in [0.15, 0.2) is 0 Å². The fourth-order valence-corrected chi connectivity index (χ4v) is 1.90. The molecule has 0 heterocycles. The molecule has 112 valence electrons. The summed E-state index contributed by atoms with van der Waals surface area (Å²) in [4.78, 5) is 14.0. The lowest BCUT2D eigenvalue weighted by molar-refractivity contribution is 0.0233. The number of nitrogens with zero attached hydrogens (tertiary/aromatic N) is 1. The molecule has 0 radical (unpaired) electrons. The average molecular weight is 278 g/mol. The number of amides is 1. The second-order valence-electron chi connectivity index (χ2n) is 6.09. The average Bonchev–Trinajstić information content (AvgIpc) is 2.31. The molecule has 4 nitrogen and oxygen atoms in total. The number of anilines is 1. The highest BCUT2D eigenvalue weighted by atomic mass is 16.6. The molecule has 1 aromatic rings. The van der Waals surface area contributed by atoms with Gasteiger partial charge >= 0.3 is 6.09 Å². The second-order valence-corrected chi connectivity index (χ2v) is 6.09. The Morgan fingerprint density at radius 1 is 1.35 bits per heavy atom. The van der Waals surface area contributed by atoms with Crippen molar-refractivity contribution in [3.05, 3.63) is 29.3 Å². The Bertz CT molecular complexity index is 464. The largest absolute Gasteiger partial charge is 0.444 e. The molecular weight excluding hydrogens is 252 g/mol. The van der Waals surface area contributed by atoms with Gasteiger partial charge < -0.3 is 15.4 Å². The zero-order valence-corrected chi connectivity index (χ0v) is 13.2. The summed E-state index contributed by atoms with van der Waals surface area (Å²) >= 11 is 0. The molecule has 0 atom stereocenters. The standard InChI is InChI=1S/C16H26N2O2/c1-6-9-18(15(19)20-16(3,4)5)11-13-10-14(17)8-7-12(13)2/h7-8,10H,6,9,11,17H2,1-5H3. The second kappa shape index (κ2) is 6.64. The molecule has 1 amide bonds. The smallest absolute Gasteiger partial charge is 0.410 e. The van der Waals surface area contributed by atoms with Gasteiger partial charge in [0, 0.05) is 18.8 Å². The van der Waals surface area contributed by atoms with Gasteiger partial charge in [-0.15, -0.1) is 0 Å². The number of ether oxygens (including phenoxy) is 1. The van der Waals surface area contributed by atoms with Crippen molar-refractivity contribution in [3.8, 4) is 0 Å². The molecule has 0 spiro atoms. The van der Waals surface area contributed by atoms with Crippen LogP contribution in [-0.2, 0) is 11.3 Å². The number of hydrogen-bond acceptors (Lipinski definition) is 3. The SMILES string of the molecule is CCCN(Cc1cc(N)ccc1C)C(=O)OC(C)(C)C. The van der Waals surface area contributed by atoms with Crippen molar-refractivity contribution >= 4 is 11.8 Å². The van der Waals surface area contributed by atoms with Gasteiger partial charge in [-0.1, -0.05) is 13.0 Å². The number of nitrogens with two attached hydrogens (primary N) is 1. The molecule has 0 aliphatic rings. The van der Waals surface area contributed by atoms with Gasteiger partial charge in [-0.2, -0.15) is 0 Å². The number of aryl methyl sites for hydroxylation is 1. The van der Waals surface area contributed by atoms with E-state index in [0.29, 0.717) is 18.8 Å². The van der Waals surface area contributed by atoms with E-state index >= 15 is 0 Å². The highest BCUT2D eigenvalue weighted by Crippen LogP contribution is 2.17. The van der Waals surface area contributed by atoms with Crippen LogP contribution in [-0.4, -0.2) is 23.1 Å². The summed E-state index contributed by atoms with van der Waals surface area (Å²) in [5.41, 5.74) is 8.24. The number of nitrogen functional groups attached to an aromatic ring is 1. The third-order valence-electron chi connectivity index (χ3n) is 2.88. The first-order valence-electron chi connectivity index (χ1n) is 7.06. The molecule has 0 fully saturated rings. The van der Waals surface area contributed by atoms with Crippen LogP contribution < -0.4 is 5.73 Å². The van der Waals surface area contributed by atoms with Crippen molar-refractivity contribution in [2.75, 3.05) is 12.3 Å². The Balaban J connectivity index is 2.86. The van der Waals surface area contributed by atoms with Crippen molar-refractivity contribution < 1.29 is 9.53 Å². The summed E-state index contributed by atoms with van der Waals surface area (Å²) < 4.78 is 5.45. The topological polar surface area (TPSA) is 55.6 Å². The summed E-state index contributed by atoms with van der Waals surface area (Å²) in [7, 11) is 0. The Hall–Kier alpha value is -1.71. The van der Waals surface area contributed by atoms with E-state index in [1.54, 1.807) is 4.90 Å². The van der Waals surface area contributed by atoms with Crippen LogP contribution in [0.1, 0.15) is 45.2 Å². The first kappa shape index (κ1) is 16.3. The number of carbonyl (C=O) groups excluding carboxylic acids is 1. The first-order valence-corrected chi connectivity index (χ1v) is 7.06. The van der Waals surface area contributed by atoms with Crippen molar-refractivity contribution in [1.29, 1.82) is 0 Å². The summed E-state index contributed by atoms with van der Waals surface area (Å²) in [5.74, 6) is 0. The molecule has 0 aliphatic heterocycles. The summed E-state index contributed by atoms with van der Waals surface area (Å²) in [6.45, 7) is 10.9. The maximum atomic E-state index is 12.2. The van der Waals surface area contributed by atoms with Gasteiger partial charge in [0.25, 0.3) is 0 Å². The van der Waals surface area contributed by atoms with Crippen LogP contribution in [0.2, 0.25) is 0 Å². The quantitative estimate of drug-likeness (QED) is 0.854. The van der Waals surface area contributed by atoms with Gasteiger partial charge in [0.2, 0.25) is 0 Å². The highest BCUT2D eigenvalue weighted by Gasteiger charge is 2.22. The summed E-state index contributed by atoms with van der Waals surface area (Å²) in [6.07, 6.45) is 0.613. The third-order valence-corrected chi connectivity index (χ3v) is 2.88. The van der Waals surface area contributed by atoms with Crippen molar-refractivity contribution in [3.63, 3.8) is 0 Å².